The van der Waals surface area contributed by atoms with Crippen molar-refractivity contribution in [1.29, 1.82) is 0 Å². The van der Waals surface area contributed by atoms with E-state index in [0.29, 0.717) is 43.4 Å². The zero-order chi connectivity index (χ0) is 19.6. The molecular formula is C18H20N4O5S. The van der Waals surface area contributed by atoms with Gasteiger partial charge in [-0.1, -0.05) is 0 Å². The summed E-state index contributed by atoms with van der Waals surface area (Å²) in [5, 5.41) is 2.83. The minimum absolute atomic E-state index is 0.164. The highest BCUT2D eigenvalue weighted by molar-refractivity contribution is 7.89. The van der Waals surface area contributed by atoms with Gasteiger partial charge in [0.2, 0.25) is 22.7 Å². The van der Waals surface area contributed by atoms with Gasteiger partial charge in [-0.2, -0.15) is 4.31 Å². The summed E-state index contributed by atoms with van der Waals surface area (Å²) >= 11 is 0. The van der Waals surface area contributed by atoms with Crippen molar-refractivity contribution in [2.75, 3.05) is 44.8 Å². The number of pyridine rings is 1. The van der Waals surface area contributed by atoms with Crippen LogP contribution in [0.3, 0.4) is 0 Å². The first-order valence-electron chi connectivity index (χ1n) is 8.84. The normalized spacial score (nSPS) is 17.4. The van der Waals surface area contributed by atoms with Gasteiger partial charge >= 0.3 is 0 Å². The fourth-order valence-electron chi connectivity index (χ4n) is 3.15. The van der Waals surface area contributed by atoms with Gasteiger partial charge in [-0.3, -0.25) is 14.7 Å². The molecule has 148 valence electrons. The second-order valence-corrected chi connectivity index (χ2v) is 8.42. The summed E-state index contributed by atoms with van der Waals surface area (Å²) in [5.74, 6) is 1.10. The van der Waals surface area contributed by atoms with Crippen LogP contribution in [-0.2, 0) is 14.8 Å². The van der Waals surface area contributed by atoms with Crippen LogP contribution in [0, 0.1) is 0 Å². The molecule has 1 N–H and O–H groups in total. The number of nitrogens with one attached hydrogen (secondary N) is 1. The molecule has 1 fully saturated rings. The van der Waals surface area contributed by atoms with Crippen molar-refractivity contribution in [3.63, 3.8) is 0 Å². The molecule has 10 heteroatoms. The first-order chi connectivity index (χ1) is 13.5. The standard InChI is InChI=1S/C18H20N4O5S/c23-18(20-14-3-4-16-17(10-14)27-13-26-16)12-21-6-8-22(9-7-21)28(24,25)15-2-1-5-19-11-15/h1-5,10-11H,6-9,12-13H2,(H,20,23). The number of piperazine rings is 1. The maximum Gasteiger partial charge on any atom is 0.244 e. The van der Waals surface area contributed by atoms with E-state index in [9.17, 15) is 13.2 Å². The minimum atomic E-state index is -3.55. The number of carbonyl (C=O) groups is 1. The van der Waals surface area contributed by atoms with Crippen LogP contribution in [-0.4, -0.2) is 68.0 Å². The Kier molecular flexibility index (Phi) is 5.16. The summed E-state index contributed by atoms with van der Waals surface area (Å²) in [6, 6.07) is 8.36. The van der Waals surface area contributed by atoms with E-state index in [1.54, 1.807) is 24.3 Å². The van der Waals surface area contributed by atoms with E-state index in [0.717, 1.165) is 0 Å². The van der Waals surface area contributed by atoms with Crippen molar-refractivity contribution in [3.8, 4) is 11.5 Å². The zero-order valence-electron chi connectivity index (χ0n) is 15.1. The van der Waals surface area contributed by atoms with Gasteiger partial charge in [-0.15, -0.1) is 0 Å². The summed E-state index contributed by atoms with van der Waals surface area (Å²) in [5.41, 5.74) is 0.632. The molecule has 3 heterocycles. The molecule has 1 amide bonds. The van der Waals surface area contributed by atoms with E-state index in [1.807, 2.05) is 4.90 Å². The van der Waals surface area contributed by atoms with Crippen LogP contribution < -0.4 is 14.8 Å². The number of hydrogen-bond donors (Lipinski definition) is 1. The van der Waals surface area contributed by atoms with E-state index in [2.05, 4.69) is 10.3 Å². The second kappa shape index (κ2) is 7.74. The highest BCUT2D eigenvalue weighted by Gasteiger charge is 2.29. The van der Waals surface area contributed by atoms with Crippen LogP contribution in [0.15, 0.2) is 47.6 Å². The Hall–Kier alpha value is -2.69. The van der Waals surface area contributed by atoms with Crippen LogP contribution >= 0.6 is 0 Å². The maximum absolute atomic E-state index is 12.6. The van der Waals surface area contributed by atoms with Gasteiger partial charge in [0.1, 0.15) is 4.90 Å². The van der Waals surface area contributed by atoms with E-state index >= 15 is 0 Å². The molecule has 1 aromatic carbocycles. The van der Waals surface area contributed by atoms with E-state index in [1.165, 1.54) is 22.8 Å². The van der Waals surface area contributed by atoms with Crippen molar-refractivity contribution in [2.24, 2.45) is 0 Å². The molecule has 0 unspecified atom stereocenters. The third-order valence-corrected chi connectivity index (χ3v) is 6.51. The molecule has 1 saturated heterocycles. The lowest BCUT2D eigenvalue weighted by Gasteiger charge is -2.33. The molecule has 4 rings (SSSR count). The van der Waals surface area contributed by atoms with Gasteiger partial charge in [0.05, 0.1) is 6.54 Å². The number of benzene rings is 1. The largest absolute Gasteiger partial charge is 0.454 e. The van der Waals surface area contributed by atoms with Crippen LogP contribution in [0.25, 0.3) is 0 Å². The Morgan fingerprint density at radius 2 is 1.89 bits per heavy atom. The summed E-state index contributed by atoms with van der Waals surface area (Å²) in [7, 11) is -3.55. The van der Waals surface area contributed by atoms with Crippen molar-refractivity contribution in [3.05, 3.63) is 42.7 Å². The molecule has 1 aromatic heterocycles. The second-order valence-electron chi connectivity index (χ2n) is 6.49. The molecule has 0 radical (unpaired) electrons. The lowest BCUT2D eigenvalue weighted by Crippen LogP contribution is -2.50. The summed E-state index contributed by atoms with van der Waals surface area (Å²) in [6.07, 6.45) is 2.89. The first-order valence-corrected chi connectivity index (χ1v) is 10.3. The lowest BCUT2D eigenvalue weighted by atomic mass is 10.2. The quantitative estimate of drug-likeness (QED) is 0.785. The van der Waals surface area contributed by atoms with Gasteiger partial charge in [0, 0.05) is 50.3 Å². The molecule has 0 bridgehead atoms. The number of amides is 1. The fraction of sp³-hybridized carbons (Fsp3) is 0.333. The minimum Gasteiger partial charge on any atom is -0.454 e. The molecule has 0 atom stereocenters. The number of sulfonamides is 1. The lowest BCUT2D eigenvalue weighted by molar-refractivity contribution is -0.117. The maximum atomic E-state index is 12.6. The number of anilines is 1. The highest BCUT2D eigenvalue weighted by Crippen LogP contribution is 2.34. The SMILES string of the molecule is O=C(CN1CCN(S(=O)(=O)c2cccnc2)CC1)Nc1ccc2c(c1)OCO2. The summed E-state index contributed by atoms with van der Waals surface area (Å²) < 4.78 is 37.2. The Labute approximate surface area is 162 Å². The molecular weight excluding hydrogens is 384 g/mol. The molecule has 9 nitrogen and oxygen atoms in total. The van der Waals surface area contributed by atoms with Crippen molar-refractivity contribution < 1.29 is 22.7 Å². The Morgan fingerprint density at radius 1 is 1.11 bits per heavy atom. The monoisotopic (exact) mass is 404 g/mol. The number of fused-ring (bicyclic) bond motifs is 1. The Morgan fingerprint density at radius 3 is 2.64 bits per heavy atom. The predicted molar refractivity (Wildman–Crippen MR) is 101 cm³/mol. The molecule has 0 saturated carbocycles. The zero-order valence-corrected chi connectivity index (χ0v) is 15.9. The molecule has 2 aliphatic rings. The Bertz CT molecular complexity index is 959. The van der Waals surface area contributed by atoms with Crippen LogP contribution in [0.4, 0.5) is 5.69 Å². The smallest absolute Gasteiger partial charge is 0.244 e. The van der Waals surface area contributed by atoms with Gasteiger partial charge in [-0.25, -0.2) is 8.42 Å². The number of carbonyl (C=O) groups excluding carboxylic acids is 1. The van der Waals surface area contributed by atoms with Gasteiger partial charge < -0.3 is 14.8 Å². The summed E-state index contributed by atoms with van der Waals surface area (Å²) in [6.45, 7) is 1.99. The van der Waals surface area contributed by atoms with Crippen molar-refractivity contribution >= 4 is 21.6 Å². The molecule has 2 aromatic rings. The third kappa shape index (κ3) is 3.93. The van der Waals surface area contributed by atoms with Crippen LogP contribution in [0.1, 0.15) is 0 Å². The average molecular weight is 404 g/mol. The van der Waals surface area contributed by atoms with Crippen molar-refractivity contribution in [1.82, 2.24) is 14.2 Å². The van der Waals surface area contributed by atoms with E-state index < -0.39 is 10.0 Å². The van der Waals surface area contributed by atoms with Gasteiger partial charge in [-0.05, 0) is 24.3 Å². The first kappa shape index (κ1) is 18.7. The van der Waals surface area contributed by atoms with E-state index in [-0.39, 0.29) is 24.1 Å². The van der Waals surface area contributed by atoms with Crippen molar-refractivity contribution in [2.45, 2.75) is 4.90 Å². The predicted octanol–water partition coefficient (Wildman–Crippen LogP) is 0.755. The molecule has 0 spiro atoms. The van der Waals surface area contributed by atoms with E-state index in [4.69, 9.17) is 9.47 Å². The Balaban J connectivity index is 1.30. The average Bonchev–Trinajstić information content (AvgIpc) is 3.17. The van der Waals surface area contributed by atoms with Crippen LogP contribution in [0.2, 0.25) is 0 Å². The van der Waals surface area contributed by atoms with Gasteiger partial charge in [0.25, 0.3) is 0 Å². The third-order valence-electron chi connectivity index (χ3n) is 4.63. The number of ether oxygens (including phenoxy) is 2. The van der Waals surface area contributed by atoms with Crippen LogP contribution in [0.5, 0.6) is 11.5 Å². The number of rotatable bonds is 5. The number of aromatic nitrogens is 1. The topological polar surface area (TPSA) is 101 Å². The fourth-order valence-corrected chi connectivity index (χ4v) is 4.54. The molecule has 2 aliphatic heterocycles. The summed E-state index contributed by atoms with van der Waals surface area (Å²) in [4.78, 5) is 18.3. The molecule has 0 aliphatic carbocycles. The number of nitrogens with zero attached hydrogens (tertiary/aromatic N) is 3. The number of hydrogen-bond acceptors (Lipinski definition) is 7. The highest BCUT2D eigenvalue weighted by atomic mass is 32.2. The molecule has 28 heavy (non-hydrogen) atoms. The van der Waals surface area contributed by atoms with Gasteiger partial charge in [0.15, 0.2) is 11.5 Å².